The predicted molar refractivity (Wildman–Crippen MR) is 143 cm³/mol. The Morgan fingerprint density at radius 1 is 0.973 bits per heavy atom. The highest BCUT2D eigenvalue weighted by Gasteiger charge is 2.70. The van der Waals surface area contributed by atoms with Crippen LogP contribution in [0.4, 0.5) is 4.79 Å². The molecular weight excluding hydrogens is 464 g/mol. The minimum atomic E-state index is -0.480. The van der Waals surface area contributed by atoms with Gasteiger partial charge in [0.2, 0.25) is 0 Å². The van der Waals surface area contributed by atoms with Gasteiger partial charge in [0.05, 0.1) is 0 Å². The Morgan fingerprint density at radius 2 is 1.62 bits per heavy atom. The molecule has 0 heterocycles. The van der Waals surface area contributed by atoms with Gasteiger partial charge in [-0.25, -0.2) is 9.86 Å². The van der Waals surface area contributed by atoms with Gasteiger partial charge in [-0.2, -0.15) is 0 Å². The van der Waals surface area contributed by atoms with E-state index in [0.29, 0.717) is 17.3 Å². The lowest BCUT2D eigenvalue weighted by Gasteiger charge is -2.70. The number of carbonyl (C=O) groups is 3. The lowest BCUT2D eigenvalue weighted by molar-refractivity contribution is -0.187. The number of nitrogens with one attached hydrogen (secondary N) is 1. The zero-order chi connectivity index (χ0) is 27.4. The summed E-state index contributed by atoms with van der Waals surface area (Å²) in [6.07, 6.45) is 10.2. The van der Waals surface area contributed by atoms with Crippen molar-refractivity contribution in [3.8, 4) is 0 Å². The molecule has 0 saturated heterocycles. The molecule has 206 valence electrons. The van der Waals surface area contributed by atoms with Crippen LogP contribution in [-0.4, -0.2) is 40.5 Å². The molecule has 2 N–H and O–H groups in total. The quantitative estimate of drug-likeness (QED) is 0.318. The Kier molecular flexibility index (Phi) is 5.76. The van der Waals surface area contributed by atoms with Crippen LogP contribution in [0.1, 0.15) is 106 Å². The molecule has 0 aromatic rings. The zero-order valence-electron chi connectivity index (χ0n) is 24.3. The van der Waals surface area contributed by atoms with Crippen LogP contribution in [-0.2, 0) is 9.59 Å². The second kappa shape index (κ2) is 7.92. The average molecular weight is 513 g/mol. The number of hydrogen-bond acceptors (Lipinski definition) is 4. The van der Waals surface area contributed by atoms with Crippen LogP contribution in [0.25, 0.3) is 0 Å². The third kappa shape index (κ3) is 3.49. The number of hydroxylamine groups is 2. The van der Waals surface area contributed by atoms with Crippen LogP contribution >= 0.6 is 0 Å². The van der Waals surface area contributed by atoms with Crippen LogP contribution in [0.5, 0.6) is 0 Å². The van der Waals surface area contributed by atoms with Gasteiger partial charge in [-0.1, -0.05) is 47.1 Å². The van der Waals surface area contributed by atoms with Crippen molar-refractivity contribution in [2.45, 2.75) is 112 Å². The zero-order valence-corrected chi connectivity index (χ0v) is 24.3. The van der Waals surface area contributed by atoms with E-state index < -0.39 is 11.6 Å². The number of Topliss-reactive ketones (excluding diaryl/α,β-unsaturated/α-hetero) is 1. The number of fused-ring (bicyclic) bond motifs is 7. The van der Waals surface area contributed by atoms with Gasteiger partial charge >= 0.3 is 6.03 Å². The number of ketones is 2. The van der Waals surface area contributed by atoms with E-state index in [1.54, 1.807) is 0 Å². The van der Waals surface area contributed by atoms with Gasteiger partial charge < -0.3 is 5.32 Å². The maximum Gasteiger partial charge on any atom is 0.341 e. The monoisotopic (exact) mass is 512 g/mol. The number of amides is 2. The average Bonchev–Trinajstić information content (AvgIpc) is 2.79. The number of allylic oxidation sites excluding steroid dienone is 2. The van der Waals surface area contributed by atoms with Crippen molar-refractivity contribution in [1.29, 1.82) is 0 Å². The van der Waals surface area contributed by atoms with Crippen LogP contribution in [0, 0.1) is 44.8 Å². The Hall–Kier alpha value is -1.69. The van der Waals surface area contributed by atoms with Gasteiger partial charge in [0.25, 0.3) is 0 Å². The van der Waals surface area contributed by atoms with E-state index >= 15 is 0 Å². The summed E-state index contributed by atoms with van der Waals surface area (Å²) < 4.78 is 0. The standard InChI is InChI=1S/C31H48N2O4/c1-26(2)22-9-12-31(7)24(29(22,5)11-10-23(26)35)21(34)17-19-20-18-28(4,32-25(36)33(8)37)15-13-27(20,3)14-16-30(19,31)6/h17,20,22,24,37H,9-16,18H2,1-8H3,(H,32,36)/t20-,22-,24+,27+,28-,29-,30+,31+/m0/s1. The molecule has 6 nitrogen and oxygen atoms in total. The lowest BCUT2D eigenvalue weighted by atomic mass is 9.33. The second-order valence-corrected chi connectivity index (χ2v) is 15.4. The van der Waals surface area contributed by atoms with E-state index in [2.05, 4.69) is 53.8 Å². The first kappa shape index (κ1) is 26.9. The van der Waals surface area contributed by atoms with Gasteiger partial charge in [-0.3, -0.25) is 14.8 Å². The fraction of sp³-hybridized carbons (Fsp3) is 0.839. The molecule has 37 heavy (non-hydrogen) atoms. The largest absolute Gasteiger partial charge is 0.341 e. The van der Waals surface area contributed by atoms with E-state index in [1.165, 1.54) is 12.6 Å². The van der Waals surface area contributed by atoms with Crippen molar-refractivity contribution < 1.29 is 19.6 Å². The molecule has 0 spiro atoms. The molecule has 2 amide bonds. The normalized spacial score (nSPS) is 48.6. The molecule has 5 aliphatic rings. The van der Waals surface area contributed by atoms with Gasteiger partial charge in [0.1, 0.15) is 5.78 Å². The number of nitrogens with zero attached hydrogens (tertiary/aromatic N) is 1. The molecule has 5 aliphatic carbocycles. The molecule has 8 atom stereocenters. The van der Waals surface area contributed by atoms with E-state index in [9.17, 15) is 19.6 Å². The highest BCUT2D eigenvalue weighted by molar-refractivity contribution is 5.96. The third-order valence-electron chi connectivity index (χ3n) is 13.0. The SMILES string of the molecule is CN(O)C(=O)N[C@@]1(C)CC[C@]2(C)CC[C@]3(C)C(=CC(=O)[C@@H]4[C@@]5(C)CCC(=O)C(C)(C)[C@@H]5CC[C@]43C)[C@@H]2C1. The molecular formula is C31H48N2O4. The smallest absolute Gasteiger partial charge is 0.331 e. The summed E-state index contributed by atoms with van der Waals surface area (Å²) in [6.45, 7) is 15.8. The molecule has 0 aromatic heterocycles. The third-order valence-corrected chi connectivity index (χ3v) is 13.0. The molecule has 6 heteroatoms. The Morgan fingerprint density at radius 3 is 2.27 bits per heavy atom. The summed E-state index contributed by atoms with van der Waals surface area (Å²) >= 11 is 0. The number of rotatable bonds is 1. The Bertz CT molecular complexity index is 1080. The number of urea groups is 1. The maximum atomic E-state index is 14.3. The van der Waals surface area contributed by atoms with E-state index in [0.717, 1.165) is 51.4 Å². The van der Waals surface area contributed by atoms with Gasteiger partial charge in [-0.15, -0.1) is 0 Å². The Balaban J connectivity index is 1.57. The summed E-state index contributed by atoms with van der Waals surface area (Å²) in [6, 6.07) is -0.480. The van der Waals surface area contributed by atoms with E-state index in [-0.39, 0.29) is 50.6 Å². The van der Waals surface area contributed by atoms with Gasteiger partial charge in [-0.05, 0) is 97.9 Å². The highest BCUT2D eigenvalue weighted by Crippen LogP contribution is 2.74. The predicted octanol–water partition coefficient (Wildman–Crippen LogP) is 6.32. The van der Waals surface area contributed by atoms with E-state index in [1.807, 2.05) is 6.08 Å². The van der Waals surface area contributed by atoms with Crippen molar-refractivity contribution in [3.05, 3.63) is 11.6 Å². The first-order chi connectivity index (χ1) is 16.9. The van der Waals surface area contributed by atoms with Crippen LogP contribution in [0.2, 0.25) is 0 Å². The fourth-order valence-corrected chi connectivity index (χ4v) is 10.4. The molecule has 4 saturated carbocycles. The van der Waals surface area contributed by atoms with Gasteiger partial charge in [0.15, 0.2) is 5.78 Å². The van der Waals surface area contributed by atoms with Crippen molar-refractivity contribution in [2.24, 2.45) is 44.8 Å². The number of hydrogen-bond donors (Lipinski definition) is 2. The van der Waals surface area contributed by atoms with Gasteiger partial charge in [0, 0.05) is 30.3 Å². The van der Waals surface area contributed by atoms with Crippen LogP contribution in [0.15, 0.2) is 11.6 Å². The summed E-state index contributed by atoms with van der Waals surface area (Å²) in [5, 5.41) is 13.4. The first-order valence-electron chi connectivity index (χ1n) is 14.5. The maximum absolute atomic E-state index is 14.3. The molecule has 0 radical (unpaired) electrons. The van der Waals surface area contributed by atoms with Crippen LogP contribution < -0.4 is 5.32 Å². The van der Waals surface area contributed by atoms with Crippen molar-refractivity contribution in [2.75, 3.05) is 7.05 Å². The molecule has 4 fully saturated rings. The summed E-state index contributed by atoms with van der Waals surface area (Å²) in [7, 11) is 1.35. The van der Waals surface area contributed by atoms with Crippen molar-refractivity contribution in [1.82, 2.24) is 10.4 Å². The summed E-state index contributed by atoms with van der Waals surface area (Å²) in [5.74, 6) is 1.00. The lowest BCUT2D eigenvalue weighted by Crippen LogP contribution is -2.66. The summed E-state index contributed by atoms with van der Waals surface area (Å²) in [5.41, 5.74) is 0.170. The molecule has 0 aliphatic heterocycles. The minimum absolute atomic E-state index is 0.0676. The van der Waals surface area contributed by atoms with E-state index in [4.69, 9.17) is 0 Å². The summed E-state index contributed by atoms with van der Waals surface area (Å²) in [4.78, 5) is 39.7. The topological polar surface area (TPSA) is 86.7 Å². The van der Waals surface area contributed by atoms with Crippen molar-refractivity contribution >= 4 is 17.6 Å². The molecule has 0 bridgehead atoms. The molecule has 0 unspecified atom stereocenters. The second-order valence-electron chi connectivity index (χ2n) is 15.4. The van der Waals surface area contributed by atoms with Crippen molar-refractivity contribution in [3.63, 3.8) is 0 Å². The number of carbonyl (C=O) groups excluding carboxylic acids is 3. The highest BCUT2D eigenvalue weighted by atomic mass is 16.5. The minimum Gasteiger partial charge on any atom is -0.331 e. The molecule has 5 rings (SSSR count). The fourth-order valence-electron chi connectivity index (χ4n) is 10.4. The first-order valence-corrected chi connectivity index (χ1v) is 14.5. The molecule has 0 aromatic carbocycles. The van der Waals surface area contributed by atoms with Crippen LogP contribution in [0.3, 0.4) is 0 Å². The Labute approximate surface area is 223 Å².